The van der Waals surface area contributed by atoms with Crippen LogP contribution >= 0.6 is 27.5 Å². The van der Waals surface area contributed by atoms with E-state index in [2.05, 4.69) is 35.1 Å². The summed E-state index contributed by atoms with van der Waals surface area (Å²) in [6.07, 6.45) is 0. The van der Waals surface area contributed by atoms with Gasteiger partial charge in [-0.15, -0.1) is 0 Å². The average Bonchev–Trinajstić information content (AvgIpc) is 2.30. The van der Waals surface area contributed by atoms with Gasteiger partial charge in [0.25, 0.3) is 5.91 Å². The Balaban J connectivity index is 2.22. The maximum absolute atomic E-state index is 12.5. The zero-order chi connectivity index (χ0) is 13.3. The number of amides is 1. The first-order valence-corrected chi connectivity index (χ1v) is 7.15. The third-order valence-corrected chi connectivity index (χ3v) is 3.93. The standard InChI is InChI=1S/C13H16BrClN2O/c1-8-6-17(7-9(2)16-8)13(18)11-5-10(15)3-4-12(11)14/h3-5,8-9,16H,6-7H2,1-2H3. The van der Waals surface area contributed by atoms with E-state index in [1.54, 1.807) is 12.1 Å². The molecule has 1 saturated heterocycles. The Bertz CT molecular complexity index is 456. The Labute approximate surface area is 121 Å². The molecule has 5 heteroatoms. The van der Waals surface area contributed by atoms with Crippen LogP contribution in [0.15, 0.2) is 22.7 Å². The summed E-state index contributed by atoms with van der Waals surface area (Å²) < 4.78 is 0.788. The summed E-state index contributed by atoms with van der Waals surface area (Å²) >= 11 is 9.36. The van der Waals surface area contributed by atoms with Gasteiger partial charge >= 0.3 is 0 Å². The molecule has 1 heterocycles. The molecular weight excluding hydrogens is 316 g/mol. The molecule has 1 fully saturated rings. The minimum absolute atomic E-state index is 0.0320. The Morgan fingerprint density at radius 3 is 2.61 bits per heavy atom. The zero-order valence-electron chi connectivity index (χ0n) is 10.4. The molecule has 98 valence electrons. The average molecular weight is 332 g/mol. The molecule has 1 aromatic rings. The molecule has 1 N–H and O–H groups in total. The number of benzene rings is 1. The first-order chi connectivity index (χ1) is 8.47. The highest BCUT2D eigenvalue weighted by atomic mass is 79.9. The van der Waals surface area contributed by atoms with E-state index in [4.69, 9.17) is 11.6 Å². The second-order valence-electron chi connectivity index (χ2n) is 4.80. The molecule has 0 saturated carbocycles. The van der Waals surface area contributed by atoms with Gasteiger partial charge in [-0.25, -0.2) is 0 Å². The molecule has 0 radical (unpaired) electrons. The van der Waals surface area contributed by atoms with Crippen molar-refractivity contribution in [2.45, 2.75) is 25.9 Å². The monoisotopic (exact) mass is 330 g/mol. The van der Waals surface area contributed by atoms with Crippen LogP contribution in [0.1, 0.15) is 24.2 Å². The number of hydrogen-bond acceptors (Lipinski definition) is 2. The van der Waals surface area contributed by atoms with Crippen molar-refractivity contribution >= 4 is 33.4 Å². The molecule has 0 aromatic heterocycles. The zero-order valence-corrected chi connectivity index (χ0v) is 12.8. The molecular formula is C13H16BrClN2O. The SMILES string of the molecule is CC1CN(C(=O)c2cc(Cl)ccc2Br)CC(C)N1. The van der Waals surface area contributed by atoms with Crippen molar-refractivity contribution in [1.29, 1.82) is 0 Å². The molecule has 2 unspecified atom stereocenters. The number of hydrogen-bond donors (Lipinski definition) is 1. The van der Waals surface area contributed by atoms with Gasteiger partial charge < -0.3 is 10.2 Å². The first kappa shape index (κ1) is 13.8. The van der Waals surface area contributed by atoms with Gasteiger partial charge in [-0.05, 0) is 48.0 Å². The van der Waals surface area contributed by atoms with E-state index in [-0.39, 0.29) is 5.91 Å². The van der Waals surface area contributed by atoms with Crippen LogP contribution in [0.25, 0.3) is 0 Å². The van der Waals surface area contributed by atoms with Gasteiger partial charge in [0.2, 0.25) is 0 Å². The highest BCUT2D eigenvalue weighted by Gasteiger charge is 2.26. The van der Waals surface area contributed by atoms with Crippen molar-refractivity contribution in [2.75, 3.05) is 13.1 Å². The molecule has 0 spiro atoms. The number of nitrogens with one attached hydrogen (secondary N) is 1. The summed E-state index contributed by atoms with van der Waals surface area (Å²) in [7, 11) is 0. The van der Waals surface area contributed by atoms with Gasteiger partial charge in [-0.1, -0.05) is 11.6 Å². The molecule has 0 bridgehead atoms. The normalized spacial score (nSPS) is 24.1. The van der Waals surface area contributed by atoms with Crippen molar-refractivity contribution < 1.29 is 4.79 Å². The molecule has 3 nitrogen and oxygen atoms in total. The summed E-state index contributed by atoms with van der Waals surface area (Å²) in [6, 6.07) is 5.92. The van der Waals surface area contributed by atoms with E-state index in [1.165, 1.54) is 0 Å². The Morgan fingerprint density at radius 2 is 2.00 bits per heavy atom. The highest BCUT2D eigenvalue weighted by Crippen LogP contribution is 2.23. The third kappa shape index (κ3) is 3.05. The van der Waals surface area contributed by atoms with Crippen LogP contribution in [0, 0.1) is 0 Å². The lowest BCUT2D eigenvalue weighted by Gasteiger charge is -2.36. The van der Waals surface area contributed by atoms with Gasteiger partial charge in [-0.2, -0.15) is 0 Å². The largest absolute Gasteiger partial charge is 0.336 e. The summed E-state index contributed by atoms with van der Waals surface area (Å²) in [6.45, 7) is 5.62. The Morgan fingerprint density at radius 1 is 1.39 bits per heavy atom. The molecule has 1 aliphatic rings. The first-order valence-electron chi connectivity index (χ1n) is 5.97. The number of nitrogens with zero attached hydrogens (tertiary/aromatic N) is 1. The second-order valence-corrected chi connectivity index (χ2v) is 6.09. The van der Waals surface area contributed by atoms with Crippen LogP contribution in [-0.2, 0) is 0 Å². The van der Waals surface area contributed by atoms with Crippen LogP contribution in [0.5, 0.6) is 0 Å². The number of carbonyl (C=O) groups excluding carboxylic acids is 1. The van der Waals surface area contributed by atoms with Crippen molar-refractivity contribution in [3.63, 3.8) is 0 Å². The summed E-state index contributed by atoms with van der Waals surface area (Å²) in [4.78, 5) is 14.4. The number of carbonyl (C=O) groups is 1. The molecule has 2 atom stereocenters. The maximum Gasteiger partial charge on any atom is 0.255 e. The van der Waals surface area contributed by atoms with Crippen molar-refractivity contribution in [2.24, 2.45) is 0 Å². The van der Waals surface area contributed by atoms with Crippen LogP contribution < -0.4 is 5.32 Å². The fourth-order valence-electron chi connectivity index (χ4n) is 2.32. The number of halogens is 2. The Hall–Kier alpha value is -0.580. The molecule has 0 aliphatic carbocycles. The highest BCUT2D eigenvalue weighted by molar-refractivity contribution is 9.10. The van der Waals surface area contributed by atoms with Gasteiger partial charge in [-0.3, -0.25) is 4.79 Å². The van der Waals surface area contributed by atoms with Crippen LogP contribution in [0.3, 0.4) is 0 Å². The van der Waals surface area contributed by atoms with Gasteiger partial charge in [0.05, 0.1) is 5.56 Å². The van der Waals surface area contributed by atoms with Crippen molar-refractivity contribution in [3.05, 3.63) is 33.3 Å². The minimum atomic E-state index is 0.0320. The maximum atomic E-state index is 12.5. The lowest BCUT2D eigenvalue weighted by atomic mass is 10.1. The Kier molecular flexibility index (Phi) is 4.30. The predicted molar refractivity (Wildman–Crippen MR) is 77.1 cm³/mol. The van der Waals surface area contributed by atoms with Gasteiger partial charge in [0.1, 0.15) is 0 Å². The van der Waals surface area contributed by atoms with E-state index in [9.17, 15) is 4.79 Å². The quantitative estimate of drug-likeness (QED) is 0.858. The number of rotatable bonds is 1. The minimum Gasteiger partial charge on any atom is -0.336 e. The van der Waals surface area contributed by atoms with Crippen LogP contribution in [0.2, 0.25) is 5.02 Å². The molecule has 2 rings (SSSR count). The fraction of sp³-hybridized carbons (Fsp3) is 0.462. The summed E-state index contributed by atoms with van der Waals surface area (Å²) in [5, 5.41) is 3.99. The van der Waals surface area contributed by atoms with E-state index < -0.39 is 0 Å². The lowest BCUT2D eigenvalue weighted by Crippen LogP contribution is -2.55. The lowest BCUT2D eigenvalue weighted by molar-refractivity contribution is 0.0673. The van der Waals surface area contributed by atoms with E-state index in [0.717, 1.165) is 17.6 Å². The van der Waals surface area contributed by atoms with E-state index >= 15 is 0 Å². The topological polar surface area (TPSA) is 32.3 Å². The predicted octanol–water partition coefficient (Wildman–Crippen LogP) is 2.92. The van der Waals surface area contributed by atoms with Crippen molar-refractivity contribution in [1.82, 2.24) is 10.2 Å². The molecule has 1 aliphatic heterocycles. The van der Waals surface area contributed by atoms with E-state index in [0.29, 0.717) is 22.7 Å². The second kappa shape index (κ2) is 5.59. The van der Waals surface area contributed by atoms with Crippen LogP contribution in [0.4, 0.5) is 0 Å². The summed E-state index contributed by atoms with van der Waals surface area (Å²) in [5.41, 5.74) is 0.629. The smallest absolute Gasteiger partial charge is 0.255 e. The van der Waals surface area contributed by atoms with Gasteiger partial charge in [0, 0.05) is 34.7 Å². The van der Waals surface area contributed by atoms with Crippen molar-refractivity contribution in [3.8, 4) is 0 Å². The third-order valence-electron chi connectivity index (χ3n) is 3.00. The number of piperazine rings is 1. The molecule has 1 amide bonds. The molecule has 18 heavy (non-hydrogen) atoms. The van der Waals surface area contributed by atoms with Crippen LogP contribution in [-0.4, -0.2) is 36.0 Å². The van der Waals surface area contributed by atoms with Gasteiger partial charge in [0.15, 0.2) is 0 Å². The van der Waals surface area contributed by atoms with E-state index in [1.807, 2.05) is 11.0 Å². The summed E-state index contributed by atoms with van der Waals surface area (Å²) in [5.74, 6) is 0.0320. The fourth-order valence-corrected chi connectivity index (χ4v) is 2.91. The molecule has 1 aromatic carbocycles.